The highest BCUT2D eigenvalue weighted by Gasteiger charge is 2.15. The summed E-state index contributed by atoms with van der Waals surface area (Å²) in [5, 5.41) is 9.74. The van der Waals surface area contributed by atoms with Crippen LogP contribution in [0.1, 0.15) is 12.0 Å². The summed E-state index contributed by atoms with van der Waals surface area (Å²) in [4.78, 5) is 2.01. The van der Waals surface area contributed by atoms with Gasteiger partial charge in [0.25, 0.3) is 0 Å². The molecule has 0 aromatic heterocycles. The number of hydrogen-bond acceptors (Lipinski definition) is 4. The molecule has 0 aliphatic carbocycles. The van der Waals surface area contributed by atoms with Crippen LogP contribution in [0.3, 0.4) is 0 Å². The van der Waals surface area contributed by atoms with Crippen LogP contribution in [0.15, 0.2) is 18.2 Å². The minimum atomic E-state index is -0.460. The number of hydrogen-bond donors (Lipinski definition) is 1. The highest BCUT2D eigenvalue weighted by atomic mass is 35.5. The summed E-state index contributed by atoms with van der Waals surface area (Å²) in [5.74, 6) is 2.07. The number of benzene rings is 1. The lowest BCUT2D eigenvalue weighted by Crippen LogP contribution is -2.39. The van der Waals surface area contributed by atoms with Gasteiger partial charge >= 0.3 is 7.05 Å². The van der Waals surface area contributed by atoms with Crippen LogP contribution in [0.4, 0.5) is 0 Å². The molecule has 1 aromatic rings. The van der Waals surface area contributed by atoms with Crippen LogP contribution < -0.4 is 9.47 Å². The zero-order valence-electron chi connectivity index (χ0n) is 12.4. The van der Waals surface area contributed by atoms with Crippen molar-refractivity contribution < 1.29 is 14.5 Å². The minimum absolute atomic E-state index is 0.460. The standard InChI is InChI=1S/C14H23BClNO3/c1-15(18)17(9-4-8-16)10-7-12-5-6-13(19-2)14(11-12)20-3/h5-6,11,18H,4,7-10H2,1-3H3. The van der Waals surface area contributed by atoms with Gasteiger partial charge in [0.2, 0.25) is 0 Å². The van der Waals surface area contributed by atoms with E-state index in [4.69, 9.17) is 21.1 Å². The third kappa shape index (κ3) is 5.23. The molecule has 0 saturated carbocycles. The molecule has 0 unspecified atom stereocenters. The van der Waals surface area contributed by atoms with Crippen LogP contribution in [0, 0.1) is 0 Å². The Morgan fingerprint density at radius 2 is 1.90 bits per heavy atom. The third-order valence-electron chi connectivity index (χ3n) is 3.24. The van der Waals surface area contributed by atoms with Crippen LogP contribution in [-0.2, 0) is 6.42 Å². The first-order valence-corrected chi connectivity index (χ1v) is 7.34. The van der Waals surface area contributed by atoms with Gasteiger partial charge in [-0.1, -0.05) is 6.07 Å². The number of halogens is 1. The van der Waals surface area contributed by atoms with E-state index in [2.05, 4.69) is 0 Å². The molecule has 0 amide bonds. The van der Waals surface area contributed by atoms with Crippen LogP contribution in [0.25, 0.3) is 0 Å². The van der Waals surface area contributed by atoms with E-state index in [1.165, 1.54) is 0 Å². The summed E-state index contributed by atoms with van der Waals surface area (Å²) in [7, 11) is 2.79. The molecule has 0 aliphatic heterocycles. The van der Waals surface area contributed by atoms with E-state index in [0.29, 0.717) is 5.88 Å². The molecule has 0 bridgehead atoms. The average molecular weight is 300 g/mol. The maximum Gasteiger partial charge on any atom is 0.376 e. The fourth-order valence-electron chi connectivity index (χ4n) is 2.06. The quantitative estimate of drug-likeness (QED) is 0.561. The van der Waals surface area contributed by atoms with E-state index < -0.39 is 7.05 Å². The fourth-order valence-corrected chi connectivity index (χ4v) is 2.18. The Bertz CT molecular complexity index is 404. The Morgan fingerprint density at radius 3 is 2.45 bits per heavy atom. The van der Waals surface area contributed by atoms with Crippen LogP contribution in [0.2, 0.25) is 6.82 Å². The predicted octanol–water partition coefficient (Wildman–Crippen LogP) is 2.29. The van der Waals surface area contributed by atoms with Crippen molar-refractivity contribution in [1.82, 2.24) is 4.81 Å². The average Bonchev–Trinajstić information content (AvgIpc) is 2.46. The zero-order valence-corrected chi connectivity index (χ0v) is 13.2. The number of ether oxygens (including phenoxy) is 2. The molecule has 1 N–H and O–H groups in total. The van der Waals surface area contributed by atoms with Crippen molar-refractivity contribution in [2.45, 2.75) is 19.7 Å². The molecular weight excluding hydrogens is 276 g/mol. The molecule has 0 heterocycles. The molecule has 0 fully saturated rings. The molecule has 1 rings (SSSR count). The van der Waals surface area contributed by atoms with E-state index in [0.717, 1.165) is 43.0 Å². The summed E-state index contributed by atoms with van der Waals surface area (Å²) >= 11 is 5.70. The minimum Gasteiger partial charge on any atom is -0.493 e. The number of nitrogens with zero attached hydrogens (tertiary/aromatic N) is 1. The van der Waals surface area contributed by atoms with Gasteiger partial charge in [-0.3, -0.25) is 0 Å². The second-order valence-electron chi connectivity index (χ2n) is 4.65. The van der Waals surface area contributed by atoms with Crippen molar-refractivity contribution in [1.29, 1.82) is 0 Å². The van der Waals surface area contributed by atoms with E-state index in [1.54, 1.807) is 21.0 Å². The summed E-state index contributed by atoms with van der Waals surface area (Å²) in [5.41, 5.74) is 1.15. The Kier molecular flexibility index (Phi) is 7.81. The van der Waals surface area contributed by atoms with Crippen molar-refractivity contribution in [3.63, 3.8) is 0 Å². The molecule has 4 nitrogen and oxygen atoms in total. The Labute approximate surface area is 126 Å². The Hall–Kier alpha value is -0.905. The SMILES string of the molecule is COc1ccc(CCN(CCCCl)B(C)O)cc1OC. The van der Waals surface area contributed by atoms with Crippen molar-refractivity contribution in [2.24, 2.45) is 0 Å². The molecule has 0 spiro atoms. The van der Waals surface area contributed by atoms with Gasteiger partial charge in [-0.05, 0) is 50.5 Å². The predicted molar refractivity (Wildman–Crippen MR) is 84.0 cm³/mol. The monoisotopic (exact) mass is 299 g/mol. The largest absolute Gasteiger partial charge is 0.493 e. The van der Waals surface area contributed by atoms with Gasteiger partial charge in [0.05, 0.1) is 14.2 Å². The zero-order chi connectivity index (χ0) is 15.0. The highest BCUT2D eigenvalue weighted by Crippen LogP contribution is 2.27. The summed E-state index contributed by atoms with van der Waals surface area (Å²) in [6.07, 6.45) is 1.71. The van der Waals surface area contributed by atoms with E-state index in [-0.39, 0.29) is 0 Å². The van der Waals surface area contributed by atoms with E-state index in [9.17, 15) is 5.02 Å². The van der Waals surface area contributed by atoms with Gasteiger partial charge in [-0.2, -0.15) is 0 Å². The molecule has 6 heteroatoms. The molecule has 1 aromatic carbocycles. The normalized spacial score (nSPS) is 10.7. The van der Waals surface area contributed by atoms with Crippen LogP contribution in [-0.4, -0.2) is 50.1 Å². The summed E-state index contributed by atoms with van der Waals surface area (Å²) < 4.78 is 10.5. The molecule has 20 heavy (non-hydrogen) atoms. The Balaban J connectivity index is 2.63. The second kappa shape index (κ2) is 9.11. The van der Waals surface area contributed by atoms with E-state index in [1.807, 2.05) is 23.0 Å². The van der Waals surface area contributed by atoms with Crippen molar-refractivity contribution in [2.75, 3.05) is 33.2 Å². The smallest absolute Gasteiger partial charge is 0.376 e. The van der Waals surface area contributed by atoms with Crippen LogP contribution in [0.5, 0.6) is 11.5 Å². The van der Waals surface area contributed by atoms with Crippen molar-refractivity contribution in [3.8, 4) is 11.5 Å². The van der Waals surface area contributed by atoms with Gasteiger partial charge in [-0.15, -0.1) is 11.6 Å². The molecule has 0 atom stereocenters. The maximum absolute atomic E-state index is 9.74. The highest BCUT2D eigenvalue weighted by molar-refractivity contribution is 6.45. The molecule has 0 radical (unpaired) electrons. The van der Waals surface area contributed by atoms with Crippen molar-refractivity contribution in [3.05, 3.63) is 23.8 Å². The summed E-state index contributed by atoms with van der Waals surface area (Å²) in [6, 6.07) is 5.89. The van der Waals surface area contributed by atoms with Crippen molar-refractivity contribution >= 4 is 18.7 Å². The van der Waals surface area contributed by atoms with Gasteiger partial charge in [0, 0.05) is 5.88 Å². The molecular formula is C14H23BClNO3. The maximum atomic E-state index is 9.74. The topological polar surface area (TPSA) is 41.9 Å². The number of alkyl halides is 1. The lowest BCUT2D eigenvalue weighted by atomic mass is 9.84. The first kappa shape index (κ1) is 17.1. The number of rotatable bonds is 9. The first-order chi connectivity index (χ1) is 9.62. The van der Waals surface area contributed by atoms with Gasteiger partial charge < -0.3 is 19.3 Å². The van der Waals surface area contributed by atoms with Gasteiger partial charge in [0.1, 0.15) is 0 Å². The van der Waals surface area contributed by atoms with Crippen LogP contribution >= 0.6 is 11.6 Å². The fraction of sp³-hybridized carbons (Fsp3) is 0.571. The lowest BCUT2D eigenvalue weighted by Gasteiger charge is -2.22. The molecule has 0 saturated heterocycles. The lowest BCUT2D eigenvalue weighted by molar-refractivity contribution is 0.353. The molecule has 112 valence electrons. The molecule has 0 aliphatic rings. The summed E-state index contributed by atoms with van der Waals surface area (Å²) in [6.45, 7) is 3.36. The van der Waals surface area contributed by atoms with Gasteiger partial charge in [0.15, 0.2) is 11.5 Å². The first-order valence-electron chi connectivity index (χ1n) is 6.81. The number of methoxy groups -OCH3 is 2. The van der Waals surface area contributed by atoms with E-state index >= 15 is 0 Å². The Morgan fingerprint density at radius 1 is 1.20 bits per heavy atom. The second-order valence-corrected chi connectivity index (χ2v) is 5.03. The van der Waals surface area contributed by atoms with Gasteiger partial charge in [-0.25, -0.2) is 0 Å². The third-order valence-corrected chi connectivity index (χ3v) is 3.51.